The zero-order valence-electron chi connectivity index (χ0n) is 14.2. The molecule has 1 aliphatic heterocycles. The van der Waals surface area contributed by atoms with Crippen molar-refractivity contribution in [2.75, 3.05) is 0 Å². The van der Waals surface area contributed by atoms with E-state index < -0.39 is 0 Å². The number of dihydropyridines is 1. The number of hydrogen-bond acceptors (Lipinski definition) is 1. The summed E-state index contributed by atoms with van der Waals surface area (Å²) in [7, 11) is 0. The van der Waals surface area contributed by atoms with Gasteiger partial charge < -0.3 is 5.32 Å². The van der Waals surface area contributed by atoms with Gasteiger partial charge >= 0.3 is 0 Å². The van der Waals surface area contributed by atoms with Crippen LogP contribution >= 0.6 is 0 Å². The van der Waals surface area contributed by atoms with Crippen molar-refractivity contribution in [3.63, 3.8) is 0 Å². The molecule has 0 amide bonds. The van der Waals surface area contributed by atoms with Gasteiger partial charge in [-0.25, -0.2) is 0 Å². The van der Waals surface area contributed by atoms with Crippen molar-refractivity contribution >= 4 is 11.3 Å². The average Bonchev–Trinajstić information content (AvgIpc) is 2.62. The Labute approximate surface area is 139 Å². The molecule has 1 aliphatic rings. The number of nitrogens with one attached hydrogen (secondary N) is 1. The minimum absolute atomic E-state index is 0.380. The maximum Gasteiger partial charge on any atom is 0.0450 e. The quantitative estimate of drug-likeness (QED) is 0.773. The minimum atomic E-state index is 0.380. The highest BCUT2D eigenvalue weighted by Crippen LogP contribution is 2.31. The van der Waals surface area contributed by atoms with E-state index in [1.807, 2.05) is 0 Å². The van der Waals surface area contributed by atoms with Crippen LogP contribution in [0.25, 0.3) is 11.3 Å². The van der Waals surface area contributed by atoms with E-state index in [0.717, 1.165) is 6.42 Å². The fourth-order valence-corrected chi connectivity index (χ4v) is 3.14. The van der Waals surface area contributed by atoms with E-state index in [4.69, 9.17) is 0 Å². The Morgan fingerprint density at radius 2 is 1.65 bits per heavy atom. The Morgan fingerprint density at radius 3 is 2.35 bits per heavy atom. The van der Waals surface area contributed by atoms with Gasteiger partial charge in [0.15, 0.2) is 0 Å². The van der Waals surface area contributed by atoms with Gasteiger partial charge in [0.1, 0.15) is 0 Å². The molecule has 23 heavy (non-hydrogen) atoms. The van der Waals surface area contributed by atoms with Crippen LogP contribution in [0.5, 0.6) is 0 Å². The minimum Gasteiger partial charge on any atom is -0.378 e. The molecule has 3 rings (SSSR count). The lowest BCUT2D eigenvalue weighted by molar-refractivity contribution is 0.685. The fraction of sp³-hybridized carbons (Fsp3) is 0.273. The van der Waals surface area contributed by atoms with Crippen molar-refractivity contribution in [2.24, 2.45) is 0 Å². The summed E-state index contributed by atoms with van der Waals surface area (Å²) in [5.74, 6) is 0.524. The van der Waals surface area contributed by atoms with Crippen molar-refractivity contribution in [2.45, 2.75) is 39.2 Å². The van der Waals surface area contributed by atoms with E-state index in [1.165, 1.54) is 28.0 Å². The third-order valence-electron chi connectivity index (χ3n) is 4.44. The summed E-state index contributed by atoms with van der Waals surface area (Å²) in [6.07, 6.45) is 5.74. The molecule has 0 saturated carbocycles. The zero-order chi connectivity index (χ0) is 16.2. The maximum absolute atomic E-state index is 3.65. The molecule has 1 N–H and O–H groups in total. The van der Waals surface area contributed by atoms with E-state index in [9.17, 15) is 0 Å². The maximum atomic E-state index is 3.65. The summed E-state index contributed by atoms with van der Waals surface area (Å²) in [6, 6.07) is 19.8. The van der Waals surface area contributed by atoms with Gasteiger partial charge in [-0.1, -0.05) is 81.4 Å². The highest BCUT2D eigenvalue weighted by atomic mass is 14.9. The van der Waals surface area contributed by atoms with Crippen molar-refractivity contribution in [3.05, 3.63) is 83.4 Å². The molecule has 1 atom stereocenters. The third kappa shape index (κ3) is 3.39. The number of benzene rings is 2. The summed E-state index contributed by atoms with van der Waals surface area (Å²) in [6.45, 7) is 6.76. The molecular weight excluding hydrogens is 278 g/mol. The molecule has 2 aromatic rings. The number of rotatable bonds is 4. The van der Waals surface area contributed by atoms with Crippen LogP contribution in [0.15, 0.2) is 66.7 Å². The highest BCUT2D eigenvalue weighted by molar-refractivity contribution is 5.86. The van der Waals surface area contributed by atoms with Gasteiger partial charge in [0, 0.05) is 11.7 Å². The highest BCUT2D eigenvalue weighted by Gasteiger charge is 2.17. The Hall–Kier alpha value is -2.28. The molecular formula is C22H25N. The molecule has 0 fully saturated rings. The standard InChI is InChI=1S/C22H25N/c1-4-19-14-18(21-13-9-8-12-20(21)16(2)3)15-22(23-19)17-10-6-5-7-11-17/h5-16,19,23H,4H2,1-3H3. The molecule has 0 spiro atoms. The molecule has 0 radical (unpaired) electrons. The van der Waals surface area contributed by atoms with Gasteiger partial charge in [0.2, 0.25) is 0 Å². The topological polar surface area (TPSA) is 12.0 Å². The van der Waals surface area contributed by atoms with Crippen molar-refractivity contribution < 1.29 is 0 Å². The van der Waals surface area contributed by atoms with E-state index in [-0.39, 0.29) is 0 Å². The average molecular weight is 303 g/mol. The number of hydrogen-bond donors (Lipinski definition) is 1. The molecule has 1 heterocycles. The SMILES string of the molecule is CCC1C=C(c2ccccc2C(C)C)C=C(c2ccccc2)N1. The van der Waals surface area contributed by atoms with E-state index in [1.54, 1.807) is 0 Å². The van der Waals surface area contributed by atoms with Crippen molar-refractivity contribution in [1.82, 2.24) is 5.32 Å². The zero-order valence-corrected chi connectivity index (χ0v) is 14.2. The van der Waals surface area contributed by atoms with Gasteiger partial charge in [-0.3, -0.25) is 0 Å². The van der Waals surface area contributed by atoms with Gasteiger partial charge in [-0.05, 0) is 40.7 Å². The summed E-state index contributed by atoms with van der Waals surface area (Å²) >= 11 is 0. The Bertz CT molecular complexity index is 723. The van der Waals surface area contributed by atoms with Crippen LogP contribution in [-0.4, -0.2) is 6.04 Å². The van der Waals surface area contributed by atoms with Crippen LogP contribution in [-0.2, 0) is 0 Å². The largest absolute Gasteiger partial charge is 0.378 e. The fourth-order valence-electron chi connectivity index (χ4n) is 3.14. The van der Waals surface area contributed by atoms with Crippen LogP contribution in [0.3, 0.4) is 0 Å². The van der Waals surface area contributed by atoms with Crippen LogP contribution in [0.4, 0.5) is 0 Å². The number of allylic oxidation sites excluding steroid dienone is 2. The Kier molecular flexibility index (Phi) is 4.66. The summed E-state index contributed by atoms with van der Waals surface area (Å²) < 4.78 is 0. The molecule has 0 bridgehead atoms. The molecule has 1 heteroatoms. The van der Waals surface area contributed by atoms with E-state index in [2.05, 4.69) is 92.8 Å². The second kappa shape index (κ2) is 6.87. The molecule has 0 aromatic heterocycles. The first-order chi connectivity index (χ1) is 11.2. The van der Waals surface area contributed by atoms with E-state index >= 15 is 0 Å². The molecule has 1 nitrogen and oxygen atoms in total. The van der Waals surface area contributed by atoms with Crippen molar-refractivity contribution in [1.29, 1.82) is 0 Å². The smallest absolute Gasteiger partial charge is 0.0450 e. The predicted octanol–water partition coefficient (Wildman–Crippen LogP) is 5.62. The lowest BCUT2D eigenvalue weighted by Crippen LogP contribution is -2.28. The monoisotopic (exact) mass is 303 g/mol. The van der Waals surface area contributed by atoms with Crippen LogP contribution in [0.1, 0.15) is 49.8 Å². The predicted molar refractivity (Wildman–Crippen MR) is 100 cm³/mol. The molecule has 1 unspecified atom stereocenters. The summed E-state index contributed by atoms with van der Waals surface area (Å²) in [5.41, 5.74) is 6.57. The third-order valence-corrected chi connectivity index (χ3v) is 4.44. The molecule has 118 valence electrons. The van der Waals surface area contributed by atoms with Gasteiger partial charge in [0.25, 0.3) is 0 Å². The second-order valence-electron chi connectivity index (χ2n) is 6.45. The lowest BCUT2D eigenvalue weighted by atomic mass is 9.89. The Morgan fingerprint density at radius 1 is 0.957 bits per heavy atom. The van der Waals surface area contributed by atoms with Gasteiger partial charge in [0.05, 0.1) is 0 Å². The second-order valence-corrected chi connectivity index (χ2v) is 6.45. The van der Waals surface area contributed by atoms with Crippen molar-refractivity contribution in [3.8, 4) is 0 Å². The molecule has 0 saturated heterocycles. The molecule has 2 aromatic carbocycles. The van der Waals surface area contributed by atoms with Gasteiger partial charge in [-0.2, -0.15) is 0 Å². The first-order valence-electron chi connectivity index (χ1n) is 8.53. The lowest BCUT2D eigenvalue weighted by Gasteiger charge is -2.25. The van der Waals surface area contributed by atoms with Crippen LogP contribution < -0.4 is 5.32 Å². The summed E-state index contributed by atoms with van der Waals surface area (Å²) in [4.78, 5) is 0. The van der Waals surface area contributed by atoms with Crippen LogP contribution in [0.2, 0.25) is 0 Å². The molecule has 0 aliphatic carbocycles. The Balaban J connectivity index is 2.07. The normalized spacial score (nSPS) is 17.5. The van der Waals surface area contributed by atoms with Crippen LogP contribution in [0, 0.1) is 0 Å². The summed E-state index contributed by atoms with van der Waals surface area (Å²) in [5, 5.41) is 3.65. The first-order valence-corrected chi connectivity index (χ1v) is 8.53. The first kappa shape index (κ1) is 15.6. The van der Waals surface area contributed by atoms with Gasteiger partial charge in [-0.15, -0.1) is 0 Å². The van der Waals surface area contributed by atoms with E-state index in [0.29, 0.717) is 12.0 Å².